The first kappa shape index (κ1) is 16.3. The SMILES string of the molecule is O=C(O)NCCCCCC(=O)Nc1cc(Br)ccc1O. The fraction of sp³-hybridized carbons (Fsp3) is 0.385. The predicted octanol–water partition coefficient (Wildman–Crippen LogP) is 2.92. The van der Waals surface area contributed by atoms with E-state index in [9.17, 15) is 14.7 Å². The summed E-state index contributed by atoms with van der Waals surface area (Å²) >= 11 is 3.26. The molecule has 0 aliphatic rings. The minimum atomic E-state index is -1.03. The first-order valence-corrected chi connectivity index (χ1v) is 7.03. The third-order valence-electron chi connectivity index (χ3n) is 2.59. The van der Waals surface area contributed by atoms with Gasteiger partial charge in [0.1, 0.15) is 5.75 Å². The number of carboxylic acid groups (broad SMARTS) is 1. The van der Waals surface area contributed by atoms with Gasteiger partial charge in [-0.1, -0.05) is 22.4 Å². The molecule has 2 amide bonds. The molecular formula is C13H17BrN2O4. The van der Waals surface area contributed by atoms with Crippen LogP contribution in [-0.4, -0.2) is 28.8 Å². The maximum absolute atomic E-state index is 11.7. The summed E-state index contributed by atoms with van der Waals surface area (Å²) in [5.74, 6) is -0.156. The highest BCUT2D eigenvalue weighted by molar-refractivity contribution is 9.10. The van der Waals surface area contributed by atoms with Gasteiger partial charge in [0.25, 0.3) is 0 Å². The number of benzene rings is 1. The molecule has 1 aromatic rings. The van der Waals surface area contributed by atoms with Crippen LogP contribution in [0, 0.1) is 0 Å². The number of nitrogens with one attached hydrogen (secondary N) is 2. The van der Waals surface area contributed by atoms with Crippen molar-refractivity contribution in [1.82, 2.24) is 5.32 Å². The van der Waals surface area contributed by atoms with Gasteiger partial charge in [0.2, 0.25) is 5.91 Å². The number of hydrogen-bond acceptors (Lipinski definition) is 3. The van der Waals surface area contributed by atoms with Crippen LogP contribution in [0.25, 0.3) is 0 Å². The van der Waals surface area contributed by atoms with Gasteiger partial charge in [-0.15, -0.1) is 0 Å². The largest absolute Gasteiger partial charge is 0.506 e. The van der Waals surface area contributed by atoms with E-state index in [0.717, 1.165) is 10.9 Å². The van der Waals surface area contributed by atoms with Crippen molar-refractivity contribution < 1.29 is 19.8 Å². The summed E-state index contributed by atoms with van der Waals surface area (Å²) in [6.07, 6.45) is 1.42. The maximum Gasteiger partial charge on any atom is 0.404 e. The van der Waals surface area contributed by atoms with Crippen molar-refractivity contribution in [3.8, 4) is 5.75 Å². The smallest absolute Gasteiger partial charge is 0.404 e. The second-order valence-corrected chi connectivity index (χ2v) is 5.17. The fourth-order valence-electron chi connectivity index (χ4n) is 1.60. The molecule has 0 fully saturated rings. The van der Waals surface area contributed by atoms with Crippen LogP contribution >= 0.6 is 15.9 Å². The standard InChI is InChI=1S/C13H17BrN2O4/c14-9-5-6-11(17)10(8-9)16-12(18)4-2-1-3-7-15-13(19)20/h5-6,8,15,17H,1-4,7H2,(H,16,18)(H,19,20). The summed E-state index contributed by atoms with van der Waals surface area (Å²) in [4.78, 5) is 21.9. The quantitative estimate of drug-likeness (QED) is 0.451. The van der Waals surface area contributed by atoms with Gasteiger partial charge in [0, 0.05) is 17.4 Å². The number of rotatable bonds is 7. The summed E-state index contributed by atoms with van der Waals surface area (Å²) in [6.45, 7) is 0.392. The molecule has 6 nitrogen and oxygen atoms in total. The molecule has 0 heterocycles. The van der Waals surface area contributed by atoms with Crippen LogP contribution in [0.4, 0.5) is 10.5 Å². The van der Waals surface area contributed by atoms with Crippen LogP contribution in [0.3, 0.4) is 0 Å². The summed E-state index contributed by atoms with van der Waals surface area (Å²) in [5.41, 5.74) is 0.372. The van der Waals surface area contributed by atoms with Crippen molar-refractivity contribution in [3.05, 3.63) is 22.7 Å². The Balaban J connectivity index is 2.23. The molecule has 0 aliphatic heterocycles. The van der Waals surface area contributed by atoms with E-state index >= 15 is 0 Å². The van der Waals surface area contributed by atoms with Crippen LogP contribution < -0.4 is 10.6 Å². The number of carbonyl (C=O) groups excluding carboxylic acids is 1. The molecule has 0 atom stereocenters. The van der Waals surface area contributed by atoms with Gasteiger partial charge in [0.15, 0.2) is 0 Å². The van der Waals surface area contributed by atoms with Gasteiger partial charge in [-0.05, 0) is 31.0 Å². The topological polar surface area (TPSA) is 98.7 Å². The lowest BCUT2D eigenvalue weighted by Crippen LogP contribution is -2.21. The fourth-order valence-corrected chi connectivity index (χ4v) is 1.96. The number of amides is 2. The highest BCUT2D eigenvalue weighted by atomic mass is 79.9. The molecule has 0 saturated carbocycles. The molecule has 20 heavy (non-hydrogen) atoms. The van der Waals surface area contributed by atoms with Crippen molar-refractivity contribution in [2.24, 2.45) is 0 Å². The Morgan fingerprint density at radius 2 is 1.95 bits per heavy atom. The maximum atomic E-state index is 11.7. The molecule has 0 spiro atoms. The van der Waals surface area contributed by atoms with E-state index < -0.39 is 6.09 Å². The molecule has 1 rings (SSSR count). The first-order chi connectivity index (χ1) is 9.49. The van der Waals surface area contributed by atoms with Crippen molar-refractivity contribution in [1.29, 1.82) is 0 Å². The van der Waals surface area contributed by atoms with Gasteiger partial charge >= 0.3 is 6.09 Å². The number of halogens is 1. The van der Waals surface area contributed by atoms with Gasteiger partial charge < -0.3 is 20.8 Å². The molecule has 0 radical (unpaired) electrons. The van der Waals surface area contributed by atoms with Crippen LogP contribution in [0.5, 0.6) is 5.75 Å². The van der Waals surface area contributed by atoms with E-state index in [-0.39, 0.29) is 11.7 Å². The van der Waals surface area contributed by atoms with Gasteiger partial charge in [-0.25, -0.2) is 4.79 Å². The highest BCUT2D eigenvalue weighted by Gasteiger charge is 2.06. The Bertz CT molecular complexity index is 479. The van der Waals surface area contributed by atoms with Crippen molar-refractivity contribution in [2.45, 2.75) is 25.7 Å². The molecular weight excluding hydrogens is 328 g/mol. The van der Waals surface area contributed by atoms with Crippen molar-refractivity contribution in [3.63, 3.8) is 0 Å². The first-order valence-electron chi connectivity index (χ1n) is 6.24. The zero-order valence-corrected chi connectivity index (χ0v) is 12.4. The summed E-state index contributed by atoms with van der Waals surface area (Å²) in [6, 6.07) is 4.81. The summed E-state index contributed by atoms with van der Waals surface area (Å²) < 4.78 is 0.769. The van der Waals surface area contributed by atoms with Gasteiger partial charge in [0.05, 0.1) is 5.69 Å². The van der Waals surface area contributed by atoms with E-state index in [0.29, 0.717) is 31.5 Å². The average molecular weight is 345 g/mol. The third kappa shape index (κ3) is 6.42. The van der Waals surface area contributed by atoms with E-state index in [4.69, 9.17) is 5.11 Å². The van der Waals surface area contributed by atoms with Crippen LogP contribution in [-0.2, 0) is 4.79 Å². The number of phenols is 1. The highest BCUT2D eigenvalue weighted by Crippen LogP contribution is 2.26. The minimum Gasteiger partial charge on any atom is -0.506 e. The number of phenolic OH excluding ortho intramolecular Hbond substituents is 1. The van der Waals surface area contributed by atoms with Crippen LogP contribution in [0.15, 0.2) is 22.7 Å². The molecule has 0 aliphatic carbocycles. The number of anilines is 1. The van der Waals surface area contributed by atoms with Crippen molar-refractivity contribution in [2.75, 3.05) is 11.9 Å². The van der Waals surface area contributed by atoms with Crippen LogP contribution in [0.1, 0.15) is 25.7 Å². The molecule has 4 N–H and O–H groups in total. The molecule has 0 unspecified atom stereocenters. The van der Waals surface area contributed by atoms with E-state index in [1.165, 1.54) is 6.07 Å². The Morgan fingerprint density at radius 1 is 1.20 bits per heavy atom. The Kier molecular flexibility index (Phi) is 6.86. The Labute approximate surface area is 125 Å². The molecule has 0 aromatic heterocycles. The van der Waals surface area contributed by atoms with E-state index in [1.54, 1.807) is 12.1 Å². The monoisotopic (exact) mass is 344 g/mol. The normalized spacial score (nSPS) is 10.1. The molecule has 1 aromatic carbocycles. The lowest BCUT2D eigenvalue weighted by molar-refractivity contribution is -0.116. The van der Waals surface area contributed by atoms with E-state index in [2.05, 4.69) is 26.6 Å². The summed E-state index contributed by atoms with van der Waals surface area (Å²) in [5, 5.41) is 22.8. The average Bonchev–Trinajstić information content (AvgIpc) is 2.37. The number of carbonyl (C=O) groups is 2. The minimum absolute atomic E-state index is 0.0206. The zero-order chi connectivity index (χ0) is 15.0. The number of hydrogen-bond donors (Lipinski definition) is 4. The Morgan fingerprint density at radius 3 is 2.65 bits per heavy atom. The molecule has 0 bridgehead atoms. The lowest BCUT2D eigenvalue weighted by Gasteiger charge is -2.07. The summed E-state index contributed by atoms with van der Waals surface area (Å²) in [7, 11) is 0. The Hall–Kier alpha value is -1.76. The van der Waals surface area contributed by atoms with Gasteiger partial charge in [-0.3, -0.25) is 4.79 Å². The lowest BCUT2D eigenvalue weighted by atomic mass is 10.2. The van der Waals surface area contributed by atoms with E-state index in [1.807, 2.05) is 0 Å². The second kappa shape index (κ2) is 8.42. The predicted molar refractivity (Wildman–Crippen MR) is 78.9 cm³/mol. The van der Waals surface area contributed by atoms with Gasteiger partial charge in [-0.2, -0.15) is 0 Å². The number of aromatic hydroxyl groups is 1. The third-order valence-corrected chi connectivity index (χ3v) is 3.08. The van der Waals surface area contributed by atoms with Crippen molar-refractivity contribution >= 4 is 33.6 Å². The molecule has 0 saturated heterocycles. The molecule has 7 heteroatoms. The molecule has 110 valence electrons. The second-order valence-electron chi connectivity index (χ2n) is 4.25. The van der Waals surface area contributed by atoms with Crippen LogP contribution in [0.2, 0.25) is 0 Å². The number of unbranched alkanes of at least 4 members (excludes halogenated alkanes) is 2. The zero-order valence-electron chi connectivity index (χ0n) is 10.9.